The molecular formula is C26H26N4O5. The van der Waals surface area contributed by atoms with Crippen molar-refractivity contribution in [1.29, 1.82) is 0 Å². The molecule has 4 aromatic rings. The molecule has 0 amide bonds. The average molecular weight is 475 g/mol. The number of nitrogens with zero attached hydrogens (tertiary/aromatic N) is 4. The minimum absolute atomic E-state index is 0.0710. The van der Waals surface area contributed by atoms with E-state index in [0.717, 1.165) is 33.8 Å². The predicted octanol–water partition coefficient (Wildman–Crippen LogP) is 3.88. The Labute approximate surface area is 202 Å². The Kier molecular flexibility index (Phi) is 6.08. The maximum absolute atomic E-state index is 13.1. The van der Waals surface area contributed by atoms with Crippen molar-refractivity contribution in [2.45, 2.75) is 25.4 Å². The minimum Gasteiger partial charge on any atom is -0.497 e. The van der Waals surface area contributed by atoms with E-state index in [0.29, 0.717) is 42.3 Å². The van der Waals surface area contributed by atoms with Gasteiger partial charge in [-0.2, -0.15) is 5.10 Å². The van der Waals surface area contributed by atoms with Crippen molar-refractivity contribution in [1.82, 2.24) is 19.8 Å². The number of hydrogen-bond acceptors (Lipinski definition) is 8. The summed E-state index contributed by atoms with van der Waals surface area (Å²) >= 11 is 0. The van der Waals surface area contributed by atoms with Crippen molar-refractivity contribution < 1.29 is 23.7 Å². The third-order valence-corrected chi connectivity index (χ3v) is 6.38. The van der Waals surface area contributed by atoms with Crippen molar-refractivity contribution in [2.24, 2.45) is 0 Å². The normalized spacial score (nSPS) is 15.2. The number of aromatic nitrogens is 4. The summed E-state index contributed by atoms with van der Waals surface area (Å²) in [5.41, 5.74) is 5.06. The molecule has 2 aromatic heterocycles. The lowest BCUT2D eigenvalue weighted by Crippen LogP contribution is -2.24. The first-order chi connectivity index (χ1) is 17.1. The zero-order valence-corrected chi connectivity index (χ0v) is 20.1. The van der Waals surface area contributed by atoms with Gasteiger partial charge in [-0.15, -0.1) is 10.2 Å². The molecule has 0 bridgehead atoms. The number of ether oxygens (including phenoxy) is 4. The van der Waals surface area contributed by atoms with Crippen LogP contribution in [0.3, 0.4) is 0 Å². The molecule has 2 heterocycles. The van der Waals surface area contributed by atoms with E-state index in [-0.39, 0.29) is 11.7 Å². The summed E-state index contributed by atoms with van der Waals surface area (Å²) in [4.78, 5) is 13.1. The fourth-order valence-corrected chi connectivity index (χ4v) is 4.68. The van der Waals surface area contributed by atoms with E-state index in [9.17, 15) is 4.79 Å². The molecule has 0 N–H and O–H groups in total. The van der Waals surface area contributed by atoms with Crippen molar-refractivity contribution in [3.05, 3.63) is 65.1 Å². The third-order valence-electron chi connectivity index (χ3n) is 6.38. The van der Waals surface area contributed by atoms with Gasteiger partial charge in [0.15, 0.2) is 17.1 Å². The van der Waals surface area contributed by atoms with Crippen molar-refractivity contribution >= 4 is 11.4 Å². The number of carbonyl (C=O) groups excluding carboxylic acids is 1. The van der Waals surface area contributed by atoms with Crippen LogP contribution in [0.2, 0.25) is 0 Å². The van der Waals surface area contributed by atoms with Gasteiger partial charge in [-0.25, -0.2) is 4.52 Å². The second-order valence-corrected chi connectivity index (χ2v) is 8.35. The average Bonchev–Trinajstić information content (AvgIpc) is 3.27. The molecule has 1 atom stereocenters. The van der Waals surface area contributed by atoms with Crippen LogP contribution in [-0.4, -0.2) is 54.0 Å². The molecule has 0 aliphatic heterocycles. The van der Waals surface area contributed by atoms with Crippen LogP contribution < -0.4 is 14.2 Å². The molecule has 180 valence electrons. The molecule has 0 saturated heterocycles. The second kappa shape index (κ2) is 9.34. The Morgan fingerprint density at radius 3 is 2.34 bits per heavy atom. The lowest BCUT2D eigenvalue weighted by atomic mass is 9.83. The first-order valence-corrected chi connectivity index (χ1v) is 11.2. The molecule has 0 fully saturated rings. The molecule has 0 saturated carbocycles. The first kappa shape index (κ1) is 22.8. The Morgan fingerprint density at radius 2 is 1.66 bits per heavy atom. The molecule has 0 radical (unpaired) electrons. The van der Waals surface area contributed by atoms with Crippen molar-refractivity contribution in [3.63, 3.8) is 0 Å². The van der Waals surface area contributed by atoms with Crippen LogP contribution >= 0.6 is 0 Å². The monoisotopic (exact) mass is 474 g/mol. The highest BCUT2D eigenvalue weighted by molar-refractivity contribution is 5.97. The van der Waals surface area contributed by atoms with Crippen LogP contribution in [0.1, 0.15) is 39.8 Å². The summed E-state index contributed by atoms with van der Waals surface area (Å²) in [6.07, 6.45) is 0.874. The number of ketones is 1. The van der Waals surface area contributed by atoms with Crippen molar-refractivity contribution in [2.75, 3.05) is 28.4 Å². The summed E-state index contributed by atoms with van der Waals surface area (Å²) in [5.74, 6) is 1.97. The molecular weight excluding hydrogens is 448 g/mol. The Bertz CT molecular complexity index is 1400. The van der Waals surface area contributed by atoms with Gasteiger partial charge in [0.25, 0.3) is 0 Å². The number of Topliss-reactive ketones (excluding diaryl/α,β-unsaturated/α-hetero) is 1. The molecule has 5 rings (SSSR count). The molecule has 9 heteroatoms. The lowest BCUT2D eigenvalue weighted by Gasteiger charge is -2.24. The minimum atomic E-state index is -0.0947. The standard InChI is InChI=1S/C26H26N4O5/c1-32-14-20-24(15-5-7-17(33-2)8-6-15)26-28-27-25-21(30(26)29-20)11-16(12-22(25)31)19-10-9-18(34-3)13-23(19)35-4/h5-10,13,16H,11-12,14H2,1-4H3/t16-/m1/s1. The number of benzene rings is 2. The summed E-state index contributed by atoms with van der Waals surface area (Å²) in [6, 6.07) is 13.3. The van der Waals surface area contributed by atoms with Gasteiger partial charge in [0.1, 0.15) is 17.2 Å². The van der Waals surface area contributed by atoms with E-state index >= 15 is 0 Å². The zero-order valence-electron chi connectivity index (χ0n) is 20.1. The molecule has 0 unspecified atom stereocenters. The van der Waals surface area contributed by atoms with Crippen LogP contribution in [0.4, 0.5) is 0 Å². The highest BCUT2D eigenvalue weighted by atomic mass is 16.5. The fraction of sp³-hybridized carbons (Fsp3) is 0.308. The maximum atomic E-state index is 13.1. The van der Waals surface area contributed by atoms with Crippen LogP contribution in [-0.2, 0) is 17.8 Å². The number of hydrogen-bond donors (Lipinski definition) is 0. The van der Waals surface area contributed by atoms with E-state index in [4.69, 9.17) is 24.0 Å². The third kappa shape index (κ3) is 3.97. The SMILES string of the molecule is COCc1nn2c3c(nnc2c1-c1ccc(OC)cc1)C(=O)C[C@H](c1ccc(OC)cc1OC)C3. The van der Waals surface area contributed by atoms with Gasteiger partial charge >= 0.3 is 0 Å². The highest BCUT2D eigenvalue weighted by Gasteiger charge is 2.33. The number of rotatable bonds is 7. The quantitative estimate of drug-likeness (QED) is 0.398. The zero-order chi connectivity index (χ0) is 24.5. The Balaban J connectivity index is 1.64. The fourth-order valence-electron chi connectivity index (χ4n) is 4.68. The summed E-state index contributed by atoms with van der Waals surface area (Å²) < 4.78 is 23.4. The van der Waals surface area contributed by atoms with Gasteiger partial charge in [-0.1, -0.05) is 18.2 Å². The Morgan fingerprint density at radius 1 is 0.914 bits per heavy atom. The van der Waals surface area contributed by atoms with Gasteiger partial charge in [0, 0.05) is 25.5 Å². The molecule has 35 heavy (non-hydrogen) atoms. The van der Waals surface area contributed by atoms with Crippen LogP contribution in [0.5, 0.6) is 17.2 Å². The smallest absolute Gasteiger partial charge is 0.185 e. The van der Waals surface area contributed by atoms with Crippen molar-refractivity contribution in [3.8, 4) is 28.4 Å². The molecule has 0 spiro atoms. The first-order valence-electron chi connectivity index (χ1n) is 11.2. The Hall–Kier alpha value is -3.98. The molecule has 1 aliphatic carbocycles. The van der Waals surface area contributed by atoms with Gasteiger partial charge in [0.05, 0.1) is 44.9 Å². The topological polar surface area (TPSA) is 97.1 Å². The summed E-state index contributed by atoms with van der Waals surface area (Å²) in [5, 5.41) is 13.6. The van der Waals surface area contributed by atoms with E-state index in [1.54, 1.807) is 33.0 Å². The van der Waals surface area contributed by atoms with Gasteiger partial charge in [-0.3, -0.25) is 4.79 Å². The van der Waals surface area contributed by atoms with E-state index in [2.05, 4.69) is 10.2 Å². The highest BCUT2D eigenvalue weighted by Crippen LogP contribution is 2.39. The molecule has 1 aliphatic rings. The summed E-state index contributed by atoms with van der Waals surface area (Å²) in [7, 11) is 6.48. The van der Waals surface area contributed by atoms with Crippen LogP contribution in [0.15, 0.2) is 42.5 Å². The summed E-state index contributed by atoms with van der Waals surface area (Å²) in [6.45, 7) is 0.295. The molecule has 9 nitrogen and oxygen atoms in total. The van der Waals surface area contributed by atoms with E-state index in [1.807, 2.05) is 42.5 Å². The van der Waals surface area contributed by atoms with E-state index < -0.39 is 0 Å². The molecule has 2 aromatic carbocycles. The number of carbonyl (C=O) groups is 1. The largest absolute Gasteiger partial charge is 0.497 e. The van der Waals surface area contributed by atoms with E-state index in [1.165, 1.54) is 0 Å². The maximum Gasteiger partial charge on any atom is 0.185 e. The van der Waals surface area contributed by atoms with Gasteiger partial charge in [0.2, 0.25) is 0 Å². The second-order valence-electron chi connectivity index (χ2n) is 8.35. The van der Waals surface area contributed by atoms with Gasteiger partial charge < -0.3 is 18.9 Å². The van der Waals surface area contributed by atoms with Crippen LogP contribution in [0.25, 0.3) is 16.8 Å². The van der Waals surface area contributed by atoms with Crippen LogP contribution in [0, 0.1) is 0 Å². The number of fused-ring (bicyclic) bond motifs is 3. The predicted molar refractivity (Wildman–Crippen MR) is 128 cm³/mol. The van der Waals surface area contributed by atoms with Gasteiger partial charge in [-0.05, 0) is 35.7 Å². The lowest BCUT2D eigenvalue weighted by molar-refractivity contribution is 0.0955. The number of methoxy groups -OCH3 is 4.